The summed E-state index contributed by atoms with van der Waals surface area (Å²) in [6.45, 7) is -2.60. The van der Waals surface area contributed by atoms with Crippen LogP contribution in [0, 0.1) is 5.92 Å². The lowest BCUT2D eigenvalue weighted by molar-refractivity contribution is -0.120. The number of amides is 1. The van der Waals surface area contributed by atoms with Gasteiger partial charge in [-0.3, -0.25) is 4.79 Å². The van der Waals surface area contributed by atoms with Gasteiger partial charge >= 0.3 is 6.61 Å². The molecule has 3 rings (SSSR count). The van der Waals surface area contributed by atoms with E-state index in [1.165, 1.54) is 12.1 Å². The van der Waals surface area contributed by atoms with Crippen molar-refractivity contribution >= 4 is 21.8 Å². The summed E-state index contributed by atoms with van der Waals surface area (Å²) in [6.07, 6.45) is 1.07. The molecule has 3 N–H and O–H groups in total. The van der Waals surface area contributed by atoms with Gasteiger partial charge in [-0.1, -0.05) is 30.3 Å². The molecule has 0 unspecified atom stereocenters. The first-order valence-electron chi connectivity index (χ1n) is 9.43. The maximum Gasteiger partial charge on any atom is 0.387 e. The van der Waals surface area contributed by atoms with Crippen LogP contribution in [0.2, 0.25) is 0 Å². The Balaban J connectivity index is 1.71. The first-order chi connectivity index (χ1) is 14.2. The highest BCUT2D eigenvalue weighted by molar-refractivity contribution is 7.86. The predicted molar refractivity (Wildman–Crippen MR) is 108 cm³/mol. The number of rotatable bonds is 7. The van der Waals surface area contributed by atoms with Crippen LogP contribution >= 0.6 is 0 Å². The van der Waals surface area contributed by atoms with E-state index in [1.807, 2.05) is 30.3 Å². The second-order valence-corrected chi connectivity index (χ2v) is 8.62. The maximum absolute atomic E-state index is 12.8. The number of piperidine rings is 1. The van der Waals surface area contributed by atoms with Crippen molar-refractivity contribution in [3.63, 3.8) is 0 Å². The Hall–Kier alpha value is -2.56. The highest BCUT2D eigenvalue weighted by Gasteiger charge is 2.29. The van der Waals surface area contributed by atoms with Gasteiger partial charge in [0.1, 0.15) is 5.75 Å². The summed E-state index contributed by atoms with van der Waals surface area (Å²) in [5, 5.41) is 7.91. The fourth-order valence-corrected chi connectivity index (χ4v) is 4.16. The largest absolute Gasteiger partial charge is 0.435 e. The number of hydrogen-bond donors (Lipinski definition) is 2. The summed E-state index contributed by atoms with van der Waals surface area (Å²) < 4.78 is 54.1. The molecule has 10 heteroatoms. The Morgan fingerprint density at radius 3 is 2.43 bits per heavy atom. The van der Waals surface area contributed by atoms with Crippen LogP contribution in [0.5, 0.6) is 5.75 Å². The van der Waals surface area contributed by atoms with Crippen LogP contribution in [0.15, 0.2) is 48.5 Å². The van der Waals surface area contributed by atoms with E-state index in [0.29, 0.717) is 30.5 Å². The van der Waals surface area contributed by atoms with Crippen molar-refractivity contribution in [1.82, 2.24) is 4.31 Å². The van der Waals surface area contributed by atoms with Crippen molar-refractivity contribution in [2.45, 2.75) is 25.9 Å². The molecule has 1 amide bonds. The van der Waals surface area contributed by atoms with Crippen LogP contribution in [0.1, 0.15) is 24.0 Å². The van der Waals surface area contributed by atoms with E-state index in [4.69, 9.17) is 5.14 Å². The highest BCUT2D eigenvalue weighted by atomic mass is 32.2. The van der Waals surface area contributed by atoms with Crippen molar-refractivity contribution in [2.75, 3.05) is 18.4 Å². The van der Waals surface area contributed by atoms with Crippen molar-refractivity contribution in [2.24, 2.45) is 11.1 Å². The molecule has 2 aromatic carbocycles. The summed E-state index contributed by atoms with van der Waals surface area (Å²) in [6, 6.07) is 13.8. The van der Waals surface area contributed by atoms with Gasteiger partial charge in [0.2, 0.25) is 5.91 Å². The van der Waals surface area contributed by atoms with Gasteiger partial charge in [-0.2, -0.15) is 21.5 Å². The van der Waals surface area contributed by atoms with Gasteiger partial charge < -0.3 is 10.1 Å². The van der Waals surface area contributed by atoms with Crippen molar-refractivity contribution in [1.29, 1.82) is 0 Å². The number of nitrogens with two attached hydrogens (primary N) is 1. The molecular formula is C20H23F2N3O4S. The van der Waals surface area contributed by atoms with E-state index in [0.717, 1.165) is 9.87 Å². The molecule has 0 spiro atoms. The van der Waals surface area contributed by atoms with Crippen LogP contribution in [0.4, 0.5) is 14.5 Å². The van der Waals surface area contributed by atoms with E-state index >= 15 is 0 Å². The Bertz CT molecular complexity index is 979. The third-order valence-corrected chi connectivity index (χ3v) is 6.05. The van der Waals surface area contributed by atoms with Gasteiger partial charge in [-0.05, 0) is 36.6 Å². The summed E-state index contributed by atoms with van der Waals surface area (Å²) in [4.78, 5) is 12.6. The molecule has 0 atom stereocenters. The minimum atomic E-state index is -3.76. The van der Waals surface area contributed by atoms with Crippen LogP contribution in [-0.2, 0) is 21.4 Å². The van der Waals surface area contributed by atoms with Gasteiger partial charge in [-0.25, -0.2) is 5.14 Å². The number of hydrogen-bond acceptors (Lipinski definition) is 4. The molecule has 1 aliphatic rings. The Labute approximate surface area is 174 Å². The quantitative estimate of drug-likeness (QED) is 0.693. The fourth-order valence-electron chi connectivity index (χ4n) is 3.44. The molecule has 1 saturated heterocycles. The molecule has 0 aromatic heterocycles. The zero-order valence-corrected chi connectivity index (χ0v) is 16.9. The number of carbonyl (C=O) groups is 1. The monoisotopic (exact) mass is 439 g/mol. The lowest BCUT2D eigenvalue weighted by Crippen LogP contribution is -2.44. The minimum Gasteiger partial charge on any atom is -0.435 e. The Kier molecular flexibility index (Phi) is 7.01. The zero-order valence-electron chi connectivity index (χ0n) is 16.1. The van der Waals surface area contributed by atoms with Crippen molar-refractivity contribution in [3.8, 4) is 5.75 Å². The van der Waals surface area contributed by atoms with E-state index in [-0.39, 0.29) is 30.7 Å². The average molecular weight is 439 g/mol. The van der Waals surface area contributed by atoms with Gasteiger partial charge in [0, 0.05) is 36.7 Å². The molecule has 0 aliphatic carbocycles. The van der Waals surface area contributed by atoms with Crippen LogP contribution in [0.25, 0.3) is 0 Å². The SMILES string of the molecule is NS(=O)(=O)N1CCC(C(=O)Nc2ccc(OC(F)F)c(Cc3ccccc3)c2)CC1. The standard InChI is InChI=1S/C20H23F2N3O4S/c21-20(22)29-18-7-6-17(13-16(18)12-14-4-2-1-3-5-14)24-19(26)15-8-10-25(11-9-15)30(23,27)28/h1-7,13,15,20H,8-12H2,(H,24,26)(H2,23,27,28). The second kappa shape index (κ2) is 9.50. The molecule has 7 nitrogen and oxygen atoms in total. The van der Waals surface area contributed by atoms with Crippen molar-refractivity contribution < 1.29 is 26.7 Å². The number of halogens is 2. The molecular weight excluding hydrogens is 416 g/mol. The molecule has 1 aliphatic heterocycles. The fraction of sp³-hybridized carbons (Fsp3) is 0.350. The topological polar surface area (TPSA) is 102 Å². The molecule has 0 saturated carbocycles. The van der Waals surface area contributed by atoms with Crippen LogP contribution in [0.3, 0.4) is 0 Å². The van der Waals surface area contributed by atoms with Gasteiger partial charge in [0.15, 0.2) is 0 Å². The number of carbonyl (C=O) groups excluding carboxylic acids is 1. The number of nitrogens with one attached hydrogen (secondary N) is 1. The molecule has 2 aromatic rings. The Morgan fingerprint density at radius 1 is 1.17 bits per heavy atom. The van der Waals surface area contributed by atoms with E-state index in [1.54, 1.807) is 6.07 Å². The summed E-state index contributed by atoms with van der Waals surface area (Å²) >= 11 is 0. The molecule has 1 heterocycles. The van der Waals surface area contributed by atoms with Gasteiger partial charge in [-0.15, -0.1) is 0 Å². The van der Waals surface area contributed by atoms with Crippen LogP contribution < -0.4 is 15.2 Å². The number of anilines is 1. The summed E-state index contributed by atoms with van der Waals surface area (Å²) in [5.74, 6) is -0.567. The van der Waals surface area contributed by atoms with E-state index < -0.39 is 16.8 Å². The first kappa shape index (κ1) is 22.1. The van der Waals surface area contributed by atoms with Gasteiger partial charge in [0.05, 0.1) is 0 Å². The summed E-state index contributed by atoms with van der Waals surface area (Å²) in [5.41, 5.74) is 1.89. The molecule has 162 valence electrons. The predicted octanol–water partition coefficient (Wildman–Crippen LogP) is 2.73. The third-order valence-electron chi connectivity index (χ3n) is 4.97. The first-order valence-corrected chi connectivity index (χ1v) is 10.9. The Morgan fingerprint density at radius 2 is 1.83 bits per heavy atom. The van der Waals surface area contributed by atoms with E-state index in [2.05, 4.69) is 10.1 Å². The molecule has 0 bridgehead atoms. The van der Waals surface area contributed by atoms with Gasteiger partial charge in [0.25, 0.3) is 10.2 Å². The smallest absolute Gasteiger partial charge is 0.387 e. The highest BCUT2D eigenvalue weighted by Crippen LogP contribution is 2.28. The lowest BCUT2D eigenvalue weighted by Gasteiger charge is -2.29. The number of ether oxygens (including phenoxy) is 1. The molecule has 1 fully saturated rings. The molecule has 30 heavy (non-hydrogen) atoms. The third kappa shape index (κ3) is 5.97. The molecule has 0 radical (unpaired) electrons. The second-order valence-electron chi connectivity index (χ2n) is 7.07. The number of nitrogens with zero attached hydrogens (tertiary/aromatic N) is 1. The number of benzene rings is 2. The lowest BCUT2D eigenvalue weighted by atomic mass is 9.97. The minimum absolute atomic E-state index is 0.0494. The number of alkyl halides is 2. The zero-order chi connectivity index (χ0) is 21.7. The van der Waals surface area contributed by atoms with E-state index in [9.17, 15) is 22.0 Å². The van der Waals surface area contributed by atoms with Crippen LogP contribution in [-0.4, -0.2) is 38.3 Å². The maximum atomic E-state index is 12.8. The normalized spacial score (nSPS) is 15.9. The van der Waals surface area contributed by atoms with Crippen molar-refractivity contribution in [3.05, 3.63) is 59.7 Å². The average Bonchev–Trinajstić information content (AvgIpc) is 2.70. The summed E-state index contributed by atoms with van der Waals surface area (Å²) in [7, 11) is -3.76.